The molecule has 2 aliphatic rings. The number of hydrogen-bond donors (Lipinski definition) is 1. The summed E-state index contributed by atoms with van der Waals surface area (Å²) in [5, 5.41) is 10.2. The number of halogens is 1. The first kappa shape index (κ1) is 23.3. The van der Waals surface area contributed by atoms with Crippen LogP contribution in [-0.2, 0) is 9.59 Å². The van der Waals surface area contributed by atoms with Gasteiger partial charge in [0, 0.05) is 23.6 Å². The second-order valence-corrected chi connectivity index (χ2v) is 10.0. The van der Waals surface area contributed by atoms with Crippen LogP contribution < -0.4 is 5.32 Å². The summed E-state index contributed by atoms with van der Waals surface area (Å²) >= 11 is 7.40. The summed E-state index contributed by atoms with van der Waals surface area (Å²) < 4.78 is 0. The maximum atomic E-state index is 12.8. The number of amidine groups is 1. The van der Waals surface area contributed by atoms with Crippen LogP contribution in [0.25, 0.3) is 0 Å². The van der Waals surface area contributed by atoms with Gasteiger partial charge < -0.3 is 5.32 Å². The first-order chi connectivity index (χ1) is 17.0. The quantitative estimate of drug-likeness (QED) is 0.476. The summed E-state index contributed by atoms with van der Waals surface area (Å²) in [6.07, 6.45) is 0.706. The molecule has 1 N–H and O–H groups in total. The van der Waals surface area contributed by atoms with Crippen molar-refractivity contribution in [3.8, 4) is 0 Å². The Morgan fingerprint density at radius 3 is 2.51 bits per heavy atom. The fourth-order valence-electron chi connectivity index (χ4n) is 4.12. The molecule has 0 bridgehead atoms. The van der Waals surface area contributed by atoms with E-state index in [4.69, 9.17) is 16.7 Å². The molecule has 176 valence electrons. The van der Waals surface area contributed by atoms with E-state index in [1.165, 1.54) is 11.8 Å². The van der Waals surface area contributed by atoms with Crippen molar-refractivity contribution in [2.24, 2.45) is 10.1 Å². The molecule has 2 amide bonds. The minimum Gasteiger partial charge on any atom is -0.326 e. The molecule has 5 rings (SSSR count). The zero-order valence-corrected chi connectivity index (χ0v) is 20.6. The Morgan fingerprint density at radius 1 is 1.06 bits per heavy atom. The standard InChI is InChI=1S/C27H23ClN4O2S/c1-17-7-5-6-10-21(17)29-25(33)16-24-26(34)30-27(35-24)32-23(19-11-13-20(28)14-12-19)15-22(31-32)18-8-3-2-4-9-18/h2-14,23-24H,15-16H2,1H3,(H,29,33)/t23-,24+/m0/s1. The molecule has 0 saturated carbocycles. The highest BCUT2D eigenvalue weighted by atomic mass is 35.5. The number of anilines is 1. The van der Waals surface area contributed by atoms with E-state index in [9.17, 15) is 9.59 Å². The van der Waals surface area contributed by atoms with E-state index in [2.05, 4.69) is 10.3 Å². The Hall–Kier alpha value is -3.42. The van der Waals surface area contributed by atoms with Crippen molar-refractivity contribution in [2.75, 3.05) is 5.32 Å². The summed E-state index contributed by atoms with van der Waals surface area (Å²) in [6.45, 7) is 1.93. The number of para-hydroxylation sites is 1. The van der Waals surface area contributed by atoms with Gasteiger partial charge in [0.2, 0.25) is 5.91 Å². The second-order valence-electron chi connectivity index (χ2n) is 8.44. The minimum absolute atomic E-state index is 0.0412. The van der Waals surface area contributed by atoms with Crippen LogP contribution >= 0.6 is 23.4 Å². The summed E-state index contributed by atoms with van der Waals surface area (Å²) in [7, 11) is 0. The third-order valence-corrected chi connectivity index (χ3v) is 7.38. The number of aliphatic imine (C=N–C) groups is 1. The van der Waals surface area contributed by atoms with Crippen molar-refractivity contribution in [1.29, 1.82) is 0 Å². The molecule has 35 heavy (non-hydrogen) atoms. The van der Waals surface area contributed by atoms with E-state index in [1.54, 1.807) is 0 Å². The van der Waals surface area contributed by atoms with E-state index < -0.39 is 5.25 Å². The number of thioether (sulfide) groups is 1. The molecule has 2 atom stereocenters. The maximum Gasteiger partial charge on any atom is 0.262 e. The fourth-order valence-corrected chi connectivity index (χ4v) is 5.31. The van der Waals surface area contributed by atoms with Gasteiger partial charge in [-0.05, 0) is 41.8 Å². The third-order valence-electron chi connectivity index (χ3n) is 5.99. The summed E-state index contributed by atoms with van der Waals surface area (Å²) in [5.74, 6) is -0.533. The van der Waals surface area contributed by atoms with Crippen molar-refractivity contribution in [1.82, 2.24) is 5.01 Å². The van der Waals surface area contributed by atoms with Crippen molar-refractivity contribution in [3.05, 3.63) is 101 Å². The molecule has 6 nitrogen and oxygen atoms in total. The van der Waals surface area contributed by atoms with E-state index in [1.807, 2.05) is 90.8 Å². The first-order valence-corrected chi connectivity index (χ1v) is 12.6. The van der Waals surface area contributed by atoms with Crippen LogP contribution in [0.1, 0.15) is 35.6 Å². The molecule has 0 aromatic heterocycles. The van der Waals surface area contributed by atoms with Crippen LogP contribution in [0.15, 0.2) is 89.0 Å². The van der Waals surface area contributed by atoms with Gasteiger partial charge in [-0.25, -0.2) is 5.01 Å². The molecule has 0 fully saturated rings. The van der Waals surface area contributed by atoms with Crippen molar-refractivity contribution >= 4 is 51.7 Å². The Balaban J connectivity index is 1.35. The lowest BCUT2D eigenvalue weighted by Crippen LogP contribution is -2.25. The Bertz CT molecular complexity index is 1320. The average Bonchev–Trinajstić information content (AvgIpc) is 3.46. The van der Waals surface area contributed by atoms with Crippen LogP contribution in [0.2, 0.25) is 5.02 Å². The predicted octanol–water partition coefficient (Wildman–Crippen LogP) is 5.83. The number of carbonyl (C=O) groups is 2. The molecular formula is C27H23ClN4O2S. The number of carbonyl (C=O) groups excluding carboxylic acids is 2. The van der Waals surface area contributed by atoms with Gasteiger partial charge >= 0.3 is 0 Å². The molecule has 3 aromatic carbocycles. The molecule has 2 aliphatic heterocycles. The lowest BCUT2D eigenvalue weighted by atomic mass is 9.99. The van der Waals surface area contributed by atoms with Gasteiger partial charge in [0.15, 0.2) is 5.17 Å². The van der Waals surface area contributed by atoms with Crippen LogP contribution in [0, 0.1) is 6.92 Å². The molecule has 0 unspecified atom stereocenters. The number of amides is 2. The zero-order chi connectivity index (χ0) is 24.4. The van der Waals surface area contributed by atoms with Crippen molar-refractivity contribution in [2.45, 2.75) is 31.1 Å². The number of rotatable bonds is 5. The predicted molar refractivity (Wildman–Crippen MR) is 142 cm³/mol. The monoisotopic (exact) mass is 502 g/mol. The lowest BCUT2D eigenvalue weighted by molar-refractivity contribution is -0.121. The van der Waals surface area contributed by atoms with Gasteiger partial charge in [-0.1, -0.05) is 84.0 Å². The molecule has 0 spiro atoms. The van der Waals surface area contributed by atoms with Crippen molar-refractivity contribution < 1.29 is 9.59 Å². The zero-order valence-electron chi connectivity index (χ0n) is 19.0. The normalized spacial score (nSPS) is 19.5. The largest absolute Gasteiger partial charge is 0.326 e. The smallest absolute Gasteiger partial charge is 0.262 e. The van der Waals surface area contributed by atoms with E-state index in [-0.39, 0.29) is 24.3 Å². The Morgan fingerprint density at radius 2 is 1.77 bits per heavy atom. The summed E-state index contributed by atoms with van der Waals surface area (Å²) in [5.41, 5.74) is 4.68. The molecule has 0 aliphatic carbocycles. The molecular weight excluding hydrogens is 480 g/mol. The molecule has 0 radical (unpaired) electrons. The Labute approximate surface area is 213 Å². The summed E-state index contributed by atoms with van der Waals surface area (Å²) in [4.78, 5) is 29.7. The van der Waals surface area contributed by atoms with Gasteiger partial charge in [0.25, 0.3) is 5.91 Å². The number of hydrogen-bond acceptors (Lipinski definition) is 5. The fraction of sp³-hybridized carbons (Fsp3) is 0.185. The number of benzene rings is 3. The van der Waals surface area contributed by atoms with Gasteiger partial charge in [-0.15, -0.1) is 0 Å². The van der Waals surface area contributed by atoms with E-state index in [0.29, 0.717) is 16.6 Å². The average molecular weight is 503 g/mol. The lowest BCUT2D eigenvalue weighted by Gasteiger charge is -2.23. The van der Waals surface area contributed by atoms with Gasteiger partial charge in [0.1, 0.15) is 5.25 Å². The molecule has 0 saturated heterocycles. The van der Waals surface area contributed by atoms with Gasteiger partial charge in [0.05, 0.1) is 11.8 Å². The SMILES string of the molecule is Cc1ccccc1NC(=O)C[C@H]1SC(N2N=C(c3ccccc3)C[C@H]2c2ccc(Cl)cc2)=NC1=O. The topological polar surface area (TPSA) is 74.1 Å². The van der Waals surface area contributed by atoms with Crippen LogP contribution in [0.3, 0.4) is 0 Å². The van der Waals surface area contributed by atoms with E-state index >= 15 is 0 Å². The summed E-state index contributed by atoms with van der Waals surface area (Å²) in [6, 6.07) is 25.0. The van der Waals surface area contributed by atoms with Crippen LogP contribution in [-0.4, -0.2) is 33.0 Å². The highest BCUT2D eigenvalue weighted by Gasteiger charge is 2.39. The molecule has 8 heteroatoms. The Kier molecular flexibility index (Phi) is 6.70. The minimum atomic E-state index is -0.587. The molecule has 3 aromatic rings. The van der Waals surface area contributed by atoms with Crippen LogP contribution in [0.4, 0.5) is 5.69 Å². The van der Waals surface area contributed by atoms with E-state index in [0.717, 1.165) is 28.1 Å². The number of aryl methyl sites for hydroxylation is 1. The number of nitrogens with one attached hydrogen (secondary N) is 1. The maximum absolute atomic E-state index is 12.8. The third kappa shape index (κ3) is 5.16. The van der Waals surface area contributed by atoms with Gasteiger partial charge in [-0.3, -0.25) is 9.59 Å². The van der Waals surface area contributed by atoms with Gasteiger partial charge in [-0.2, -0.15) is 10.1 Å². The van der Waals surface area contributed by atoms with Crippen molar-refractivity contribution in [3.63, 3.8) is 0 Å². The first-order valence-electron chi connectivity index (χ1n) is 11.3. The van der Waals surface area contributed by atoms with Crippen LogP contribution in [0.5, 0.6) is 0 Å². The highest BCUT2D eigenvalue weighted by Crippen LogP contribution is 2.38. The number of nitrogens with zero attached hydrogens (tertiary/aromatic N) is 3. The number of hydrazone groups is 1. The second kappa shape index (κ2) is 10.1. The highest BCUT2D eigenvalue weighted by molar-refractivity contribution is 8.15. The molecule has 2 heterocycles.